The summed E-state index contributed by atoms with van der Waals surface area (Å²) in [6.45, 7) is 3.22. The molecule has 0 N–H and O–H groups in total. The number of amides is 1. The monoisotopic (exact) mass is 562 g/mol. The van der Waals surface area contributed by atoms with Gasteiger partial charge in [0.25, 0.3) is 11.8 Å². The number of alkyl halides is 5. The van der Waals surface area contributed by atoms with Gasteiger partial charge in [-0.2, -0.15) is 13.2 Å². The fraction of sp³-hybridized carbons (Fsp3) is 0.440. The first-order valence-electron chi connectivity index (χ1n) is 11.5. The van der Waals surface area contributed by atoms with Gasteiger partial charge < -0.3 is 9.47 Å². The second-order valence-corrected chi connectivity index (χ2v) is 10.2. The van der Waals surface area contributed by atoms with Crippen molar-refractivity contribution in [1.82, 2.24) is 19.4 Å². The van der Waals surface area contributed by atoms with Crippen LogP contribution in [0.1, 0.15) is 39.8 Å². The summed E-state index contributed by atoms with van der Waals surface area (Å²) in [5.74, 6) is -2.73. The summed E-state index contributed by atoms with van der Waals surface area (Å²) in [5.41, 5.74) is 0.999. The number of benzene rings is 2. The van der Waals surface area contributed by atoms with Crippen molar-refractivity contribution in [3.05, 3.63) is 62.4 Å². The van der Waals surface area contributed by atoms with E-state index in [0.29, 0.717) is 41.1 Å². The van der Waals surface area contributed by atoms with Crippen LogP contribution in [-0.2, 0) is 19.6 Å². The molecule has 0 bridgehead atoms. The number of hydrogen-bond donors (Lipinski definition) is 0. The van der Waals surface area contributed by atoms with E-state index in [4.69, 9.17) is 23.2 Å². The smallest absolute Gasteiger partial charge is 0.336 e. The van der Waals surface area contributed by atoms with Crippen LogP contribution in [-0.4, -0.2) is 63.9 Å². The van der Waals surface area contributed by atoms with Crippen molar-refractivity contribution in [3.8, 4) is 0 Å². The lowest BCUT2D eigenvalue weighted by molar-refractivity contribution is -0.137. The van der Waals surface area contributed by atoms with Gasteiger partial charge in [0.05, 0.1) is 33.7 Å². The first kappa shape index (κ1) is 27.6. The normalized spacial score (nSPS) is 15.6. The zero-order valence-electron chi connectivity index (χ0n) is 20.4. The average molecular weight is 563 g/mol. The van der Waals surface area contributed by atoms with Crippen molar-refractivity contribution in [2.45, 2.75) is 32.4 Å². The molecule has 200 valence electrons. The van der Waals surface area contributed by atoms with Crippen LogP contribution in [0.4, 0.5) is 22.0 Å². The van der Waals surface area contributed by atoms with Gasteiger partial charge >= 0.3 is 6.18 Å². The number of carbonyl (C=O) groups excluding carboxylic acids is 1. The average Bonchev–Trinajstić information content (AvgIpc) is 3.11. The summed E-state index contributed by atoms with van der Waals surface area (Å²) >= 11 is 13.1. The second kappa shape index (κ2) is 10.0. The SMILES string of the molecule is Cc1cc(C(F)(F)F)cc2c1nc(Cc1c(Cl)ccc(C(=O)N3CCN(CC(C)(F)F)CC3)c1Cl)n2C. The van der Waals surface area contributed by atoms with E-state index in [1.807, 2.05) is 0 Å². The summed E-state index contributed by atoms with van der Waals surface area (Å²) < 4.78 is 68.2. The molecule has 12 heteroatoms. The number of imidazole rings is 1. The van der Waals surface area contributed by atoms with E-state index in [1.54, 1.807) is 34.4 Å². The van der Waals surface area contributed by atoms with Gasteiger partial charge in [0.2, 0.25) is 0 Å². The van der Waals surface area contributed by atoms with Crippen LogP contribution in [0.25, 0.3) is 11.0 Å². The minimum Gasteiger partial charge on any atom is -0.336 e. The largest absolute Gasteiger partial charge is 0.416 e. The molecule has 1 fully saturated rings. The maximum absolute atomic E-state index is 13.3. The van der Waals surface area contributed by atoms with E-state index >= 15 is 0 Å². The van der Waals surface area contributed by atoms with Crippen LogP contribution >= 0.6 is 23.2 Å². The highest BCUT2D eigenvalue weighted by atomic mass is 35.5. The minimum absolute atomic E-state index is 0.0874. The number of aromatic nitrogens is 2. The van der Waals surface area contributed by atoms with Crippen LogP contribution in [0.5, 0.6) is 0 Å². The molecule has 1 aromatic heterocycles. The summed E-state index contributed by atoms with van der Waals surface area (Å²) in [7, 11) is 1.61. The van der Waals surface area contributed by atoms with E-state index < -0.39 is 17.7 Å². The molecule has 3 aromatic rings. The van der Waals surface area contributed by atoms with Gasteiger partial charge in [0.1, 0.15) is 5.82 Å². The van der Waals surface area contributed by atoms with Crippen molar-refractivity contribution in [1.29, 1.82) is 0 Å². The molecule has 0 radical (unpaired) electrons. The van der Waals surface area contributed by atoms with Crippen molar-refractivity contribution in [2.24, 2.45) is 7.05 Å². The molecule has 1 aliphatic heterocycles. The van der Waals surface area contributed by atoms with Crippen LogP contribution in [0, 0.1) is 6.92 Å². The highest BCUT2D eigenvalue weighted by molar-refractivity contribution is 6.38. The molecule has 0 spiro atoms. The summed E-state index contributed by atoms with van der Waals surface area (Å²) in [6.07, 6.45) is -4.41. The Labute approximate surface area is 220 Å². The number of fused-ring (bicyclic) bond motifs is 1. The fourth-order valence-corrected chi connectivity index (χ4v) is 5.17. The highest BCUT2D eigenvalue weighted by Gasteiger charge is 2.32. The molecule has 1 saturated heterocycles. The molecular weight excluding hydrogens is 538 g/mol. The van der Waals surface area contributed by atoms with Crippen LogP contribution in [0.15, 0.2) is 24.3 Å². The molecule has 0 unspecified atom stereocenters. The van der Waals surface area contributed by atoms with E-state index in [-0.39, 0.29) is 47.6 Å². The first-order chi connectivity index (χ1) is 17.2. The van der Waals surface area contributed by atoms with E-state index in [0.717, 1.165) is 19.1 Å². The third kappa shape index (κ3) is 5.86. The Kier molecular flexibility index (Phi) is 7.49. The number of hydrogen-bond acceptors (Lipinski definition) is 3. The van der Waals surface area contributed by atoms with Gasteiger partial charge in [-0.25, -0.2) is 13.8 Å². The number of nitrogens with zero attached hydrogens (tertiary/aromatic N) is 4. The number of halogens is 7. The fourth-order valence-electron chi connectivity index (χ4n) is 4.58. The molecular formula is C25H25Cl2F5N4O. The molecule has 0 aliphatic carbocycles. The van der Waals surface area contributed by atoms with E-state index in [2.05, 4.69) is 4.98 Å². The third-order valence-electron chi connectivity index (χ3n) is 6.51. The number of rotatable bonds is 5. The Hall–Kier alpha value is -2.43. The molecule has 4 rings (SSSR count). The number of carbonyl (C=O) groups is 1. The number of aryl methyl sites for hydroxylation is 2. The minimum atomic E-state index is -4.49. The maximum atomic E-state index is 13.3. The molecule has 1 amide bonds. The molecule has 37 heavy (non-hydrogen) atoms. The van der Waals surface area contributed by atoms with Crippen molar-refractivity contribution >= 4 is 40.1 Å². The molecule has 0 saturated carbocycles. The summed E-state index contributed by atoms with van der Waals surface area (Å²) in [5, 5.41) is 0.413. The van der Waals surface area contributed by atoms with Crippen molar-refractivity contribution < 1.29 is 26.7 Å². The van der Waals surface area contributed by atoms with Crippen LogP contribution in [0.3, 0.4) is 0 Å². The lowest BCUT2D eigenvalue weighted by atomic mass is 10.1. The van der Waals surface area contributed by atoms with Gasteiger partial charge in [-0.3, -0.25) is 9.69 Å². The first-order valence-corrected chi connectivity index (χ1v) is 12.3. The predicted octanol–water partition coefficient (Wildman–Crippen LogP) is 6.21. The maximum Gasteiger partial charge on any atom is 0.416 e. The Bertz CT molecular complexity index is 1340. The van der Waals surface area contributed by atoms with Gasteiger partial charge in [-0.05, 0) is 42.3 Å². The zero-order valence-corrected chi connectivity index (χ0v) is 21.9. The lowest BCUT2D eigenvalue weighted by Gasteiger charge is -2.36. The second-order valence-electron chi connectivity index (χ2n) is 9.45. The zero-order chi connectivity index (χ0) is 27.3. The van der Waals surface area contributed by atoms with Gasteiger partial charge in [0.15, 0.2) is 0 Å². The van der Waals surface area contributed by atoms with Crippen LogP contribution < -0.4 is 0 Å². The Morgan fingerprint density at radius 2 is 1.70 bits per heavy atom. The summed E-state index contributed by atoms with van der Waals surface area (Å²) in [4.78, 5) is 20.9. The molecule has 1 aliphatic rings. The van der Waals surface area contributed by atoms with Crippen LogP contribution in [0.2, 0.25) is 10.0 Å². The van der Waals surface area contributed by atoms with Gasteiger partial charge in [-0.1, -0.05) is 23.2 Å². The topological polar surface area (TPSA) is 41.4 Å². The quantitative estimate of drug-likeness (QED) is 0.347. The Morgan fingerprint density at radius 1 is 1.05 bits per heavy atom. The lowest BCUT2D eigenvalue weighted by Crippen LogP contribution is -2.51. The standard InChI is InChI=1S/C25H25Cl2F5N4O/c1-14-10-15(25(30,31)32)11-19-22(14)33-20(34(19)3)12-17-18(26)5-4-16(21(17)27)23(37)36-8-6-35(7-9-36)13-24(2,28)29/h4-5,10-11H,6-9,12-13H2,1-3H3. The van der Waals surface area contributed by atoms with Crippen molar-refractivity contribution in [2.75, 3.05) is 32.7 Å². The van der Waals surface area contributed by atoms with Gasteiger partial charge in [-0.15, -0.1) is 0 Å². The number of piperazine rings is 1. The van der Waals surface area contributed by atoms with E-state index in [1.165, 1.54) is 6.07 Å². The molecule has 2 heterocycles. The Morgan fingerprint density at radius 3 is 2.30 bits per heavy atom. The van der Waals surface area contributed by atoms with Crippen molar-refractivity contribution in [3.63, 3.8) is 0 Å². The highest BCUT2D eigenvalue weighted by Crippen LogP contribution is 2.35. The third-order valence-corrected chi connectivity index (χ3v) is 7.29. The molecule has 2 aromatic carbocycles. The molecule has 0 atom stereocenters. The van der Waals surface area contributed by atoms with Gasteiger partial charge in [0, 0.05) is 51.6 Å². The summed E-state index contributed by atoms with van der Waals surface area (Å²) in [6, 6.07) is 5.16. The predicted molar refractivity (Wildman–Crippen MR) is 133 cm³/mol. The Balaban J connectivity index is 1.60. The molecule has 5 nitrogen and oxygen atoms in total. The van der Waals surface area contributed by atoms with E-state index in [9.17, 15) is 26.7 Å².